The third kappa shape index (κ3) is 1.59. The second kappa shape index (κ2) is 4.07. The normalized spacial score (nSPS) is 19.6. The molecule has 96 valence electrons. The summed E-state index contributed by atoms with van der Waals surface area (Å²) in [7, 11) is 1.36. The van der Waals surface area contributed by atoms with Gasteiger partial charge in [0.2, 0.25) is 6.23 Å². The molecule has 5 nitrogen and oxygen atoms in total. The van der Waals surface area contributed by atoms with E-state index in [2.05, 4.69) is 0 Å². The number of carbonyl (C=O) groups is 2. The lowest BCUT2D eigenvalue weighted by molar-refractivity contribution is -0.132. The summed E-state index contributed by atoms with van der Waals surface area (Å²) < 4.78 is 0. The van der Waals surface area contributed by atoms with Gasteiger partial charge in [0, 0.05) is 12.4 Å². The summed E-state index contributed by atoms with van der Waals surface area (Å²) in [6.07, 6.45) is -1.46. The molecular weight excluding hydrogens is 244 g/mol. The summed E-state index contributed by atoms with van der Waals surface area (Å²) in [6, 6.07) is 12.4. The van der Waals surface area contributed by atoms with Gasteiger partial charge in [-0.15, -0.1) is 0 Å². The fourth-order valence-corrected chi connectivity index (χ4v) is 2.30. The van der Waals surface area contributed by atoms with E-state index in [0.717, 1.165) is 20.6 Å². The Morgan fingerprint density at radius 1 is 1.05 bits per heavy atom. The van der Waals surface area contributed by atoms with Crippen molar-refractivity contribution in [3.8, 4) is 0 Å². The standard InChI is InChI=1S/C14H12N2O3/c1-15-12(17)13(18)16(14(15)19)11-8-4-6-9-5-2-3-7-10(9)11/h2-8,13,18H,1H3. The number of imide groups is 1. The van der Waals surface area contributed by atoms with Crippen LogP contribution in [0, 0.1) is 0 Å². The molecule has 1 saturated heterocycles. The molecular formula is C14H12N2O3. The number of aliphatic hydroxyl groups excluding tert-OH is 1. The number of fused-ring (bicyclic) bond motifs is 1. The van der Waals surface area contributed by atoms with Gasteiger partial charge in [0.15, 0.2) is 0 Å². The van der Waals surface area contributed by atoms with Crippen LogP contribution in [0.4, 0.5) is 10.5 Å². The number of hydrogen-bond acceptors (Lipinski definition) is 3. The van der Waals surface area contributed by atoms with Crippen LogP contribution in [-0.2, 0) is 4.79 Å². The number of benzene rings is 2. The summed E-state index contributed by atoms with van der Waals surface area (Å²) in [5, 5.41) is 11.7. The Kier molecular flexibility index (Phi) is 2.50. The Labute approximate surface area is 109 Å². The van der Waals surface area contributed by atoms with E-state index in [4.69, 9.17) is 0 Å². The maximum absolute atomic E-state index is 12.0. The Morgan fingerprint density at radius 3 is 2.42 bits per heavy atom. The zero-order chi connectivity index (χ0) is 13.6. The number of hydrogen-bond donors (Lipinski definition) is 1. The quantitative estimate of drug-likeness (QED) is 0.787. The Morgan fingerprint density at radius 2 is 1.74 bits per heavy atom. The van der Waals surface area contributed by atoms with Gasteiger partial charge < -0.3 is 5.11 Å². The first-order valence-corrected chi connectivity index (χ1v) is 5.88. The predicted molar refractivity (Wildman–Crippen MR) is 70.6 cm³/mol. The third-order valence-electron chi connectivity index (χ3n) is 3.32. The van der Waals surface area contributed by atoms with Crippen molar-refractivity contribution in [3.05, 3.63) is 42.5 Å². The van der Waals surface area contributed by atoms with Crippen LogP contribution in [0.25, 0.3) is 10.8 Å². The molecule has 0 bridgehead atoms. The van der Waals surface area contributed by atoms with Crippen LogP contribution in [0.1, 0.15) is 0 Å². The largest absolute Gasteiger partial charge is 0.365 e. The van der Waals surface area contributed by atoms with E-state index in [-0.39, 0.29) is 0 Å². The average molecular weight is 256 g/mol. The van der Waals surface area contributed by atoms with Crippen molar-refractivity contribution in [1.29, 1.82) is 0 Å². The van der Waals surface area contributed by atoms with Gasteiger partial charge in [-0.25, -0.2) is 4.79 Å². The van der Waals surface area contributed by atoms with Gasteiger partial charge in [0.1, 0.15) is 0 Å². The van der Waals surface area contributed by atoms with Crippen LogP contribution in [0.5, 0.6) is 0 Å². The van der Waals surface area contributed by atoms with E-state index < -0.39 is 18.2 Å². The average Bonchev–Trinajstić information content (AvgIpc) is 2.63. The Bertz CT molecular complexity index is 678. The van der Waals surface area contributed by atoms with Gasteiger partial charge in [-0.3, -0.25) is 14.6 Å². The highest BCUT2D eigenvalue weighted by molar-refractivity contribution is 6.16. The monoisotopic (exact) mass is 256 g/mol. The molecule has 0 spiro atoms. The van der Waals surface area contributed by atoms with Crippen molar-refractivity contribution in [2.45, 2.75) is 6.23 Å². The first kappa shape index (κ1) is 11.7. The van der Waals surface area contributed by atoms with E-state index in [0.29, 0.717) is 5.69 Å². The maximum Gasteiger partial charge on any atom is 0.333 e. The van der Waals surface area contributed by atoms with E-state index in [1.807, 2.05) is 30.3 Å². The minimum atomic E-state index is -1.46. The fourth-order valence-electron chi connectivity index (χ4n) is 2.30. The number of aliphatic hydroxyl groups is 1. The second-order valence-electron chi connectivity index (χ2n) is 4.42. The third-order valence-corrected chi connectivity index (χ3v) is 3.32. The highest BCUT2D eigenvalue weighted by Gasteiger charge is 2.43. The lowest BCUT2D eigenvalue weighted by atomic mass is 10.1. The van der Waals surface area contributed by atoms with Gasteiger partial charge in [-0.05, 0) is 11.5 Å². The van der Waals surface area contributed by atoms with E-state index in [1.165, 1.54) is 7.05 Å². The molecule has 19 heavy (non-hydrogen) atoms. The Balaban J connectivity index is 2.20. The van der Waals surface area contributed by atoms with Gasteiger partial charge in [-0.2, -0.15) is 0 Å². The van der Waals surface area contributed by atoms with Gasteiger partial charge in [-0.1, -0.05) is 36.4 Å². The van der Waals surface area contributed by atoms with Crippen molar-refractivity contribution in [2.75, 3.05) is 11.9 Å². The van der Waals surface area contributed by atoms with Crippen molar-refractivity contribution < 1.29 is 14.7 Å². The highest BCUT2D eigenvalue weighted by atomic mass is 16.3. The topological polar surface area (TPSA) is 60.9 Å². The van der Waals surface area contributed by atoms with Crippen LogP contribution in [0.15, 0.2) is 42.5 Å². The smallest absolute Gasteiger partial charge is 0.333 e. The summed E-state index contributed by atoms with van der Waals surface area (Å²) >= 11 is 0. The molecule has 1 unspecified atom stereocenters. The molecule has 0 radical (unpaired) electrons. The van der Waals surface area contributed by atoms with Crippen molar-refractivity contribution >= 4 is 28.4 Å². The molecule has 2 aromatic carbocycles. The molecule has 0 aliphatic carbocycles. The summed E-state index contributed by atoms with van der Waals surface area (Å²) in [5.41, 5.74) is 0.535. The number of rotatable bonds is 1. The SMILES string of the molecule is CN1C(=O)C(O)N(c2cccc3ccccc23)C1=O. The number of urea groups is 1. The first-order valence-electron chi connectivity index (χ1n) is 5.88. The maximum atomic E-state index is 12.0. The molecule has 1 heterocycles. The highest BCUT2D eigenvalue weighted by Crippen LogP contribution is 2.31. The lowest BCUT2D eigenvalue weighted by Gasteiger charge is -2.19. The molecule has 3 amide bonds. The zero-order valence-electron chi connectivity index (χ0n) is 10.3. The Hall–Kier alpha value is -2.40. The molecule has 1 aliphatic heterocycles. The van der Waals surface area contributed by atoms with Crippen LogP contribution < -0.4 is 4.90 Å². The van der Waals surface area contributed by atoms with Crippen molar-refractivity contribution in [3.63, 3.8) is 0 Å². The number of anilines is 1. The number of likely N-dealkylation sites (N-methyl/N-ethyl adjacent to an activating group) is 1. The zero-order valence-corrected chi connectivity index (χ0v) is 10.3. The molecule has 2 aromatic rings. The minimum Gasteiger partial charge on any atom is -0.365 e. The molecule has 0 saturated carbocycles. The number of amides is 3. The lowest BCUT2D eigenvalue weighted by Crippen LogP contribution is -2.34. The van der Waals surface area contributed by atoms with Crippen molar-refractivity contribution in [1.82, 2.24) is 4.90 Å². The van der Waals surface area contributed by atoms with Crippen LogP contribution in [-0.4, -0.2) is 35.2 Å². The molecule has 1 aliphatic rings. The van der Waals surface area contributed by atoms with Crippen LogP contribution >= 0.6 is 0 Å². The molecule has 3 rings (SSSR count). The van der Waals surface area contributed by atoms with Crippen LogP contribution in [0.3, 0.4) is 0 Å². The van der Waals surface area contributed by atoms with Gasteiger partial charge in [0.25, 0.3) is 5.91 Å². The molecule has 1 atom stereocenters. The van der Waals surface area contributed by atoms with E-state index >= 15 is 0 Å². The molecule has 0 aromatic heterocycles. The summed E-state index contributed by atoms with van der Waals surface area (Å²) in [4.78, 5) is 25.7. The summed E-state index contributed by atoms with van der Waals surface area (Å²) in [5.74, 6) is -0.613. The molecule has 1 N–H and O–H groups in total. The van der Waals surface area contributed by atoms with Gasteiger partial charge >= 0.3 is 6.03 Å². The van der Waals surface area contributed by atoms with Crippen LogP contribution in [0.2, 0.25) is 0 Å². The van der Waals surface area contributed by atoms with Gasteiger partial charge in [0.05, 0.1) is 5.69 Å². The molecule has 1 fully saturated rings. The number of nitrogens with zero attached hydrogens (tertiary/aromatic N) is 2. The fraction of sp³-hybridized carbons (Fsp3) is 0.143. The summed E-state index contributed by atoms with van der Waals surface area (Å²) in [6.45, 7) is 0. The predicted octanol–water partition coefficient (Wildman–Crippen LogP) is 1.56. The van der Waals surface area contributed by atoms with E-state index in [9.17, 15) is 14.7 Å². The van der Waals surface area contributed by atoms with E-state index in [1.54, 1.807) is 12.1 Å². The minimum absolute atomic E-state index is 0.520. The molecule has 5 heteroatoms. The van der Waals surface area contributed by atoms with Crippen molar-refractivity contribution in [2.24, 2.45) is 0 Å². The number of carbonyl (C=O) groups excluding carboxylic acids is 2. The second-order valence-corrected chi connectivity index (χ2v) is 4.42. The first-order chi connectivity index (χ1) is 9.11.